The van der Waals surface area contributed by atoms with Crippen molar-refractivity contribution in [1.29, 1.82) is 0 Å². The summed E-state index contributed by atoms with van der Waals surface area (Å²) in [6.45, 7) is 2.26. The normalized spacial score (nSPS) is 11.2. The SMILES string of the molecule is CCN(c1cccc(NC(=O)Nc2cc(C(F)(F)F)ccc2F)c1)n1ccc(C(N)=O)n1. The summed E-state index contributed by atoms with van der Waals surface area (Å²) in [7, 11) is 0. The van der Waals surface area contributed by atoms with Gasteiger partial charge >= 0.3 is 12.2 Å². The summed E-state index contributed by atoms with van der Waals surface area (Å²) in [6.07, 6.45) is -3.15. The molecule has 8 nitrogen and oxygen atoms in total. The minimum absolute atomic E-state index is 0.0696. The first kappa shape index (κ1) is 22.6. The highest BCUT2D eigenvalue weighted by molar-refractivity contribution is 6.00. The quantitative estimate of drug-likeness (QED) is 0.492. The minimum atomic E-state index is -4.68. The van der Waals surface area contributed by atoms with E-state index in [1.54, 1.807) is 23.2 Å². The van der Waals surface area contributed by atoms with Gasteiger partial charge in [-0.3, -0.25) is 9.80 Å². The van der Waals surface area contributed by atoms with Crippen molar-refractivity contribution >= 4 is 29.0 Å². The van der Waals surface area contributed by atoms with Crippen LogP contribution in [0.25, 0.3) is 0 Å². The summed E-state index contributed by atoms with van der Waals surface area (Å²) in [5.41, 5.74) is 4.44. The van der Waals surface area contributed by atoms with Crippen LogP contribution in [0.1, 0.15) is 23.0 Å². The lowest BCUT2D eigenvalue weighted by atomic mass is 10.2. The van der Waals surface area contributed by atoms with Crippen LogP contribution in [-0.4, -0.2) is 28.4 Å². The highest BCUT2D eigenvalue weighted by Crippen LogP contribution is 2.32. The molecule has 0 aliphatic heterocycles. The molecule has 0 atom stereocenters. The molecule has 12 heteroatoms. The number of nitrogens with zero attached hydrogens (tertiary/aromatic N) is 3. The third-order valence-corrected chi connectivity index (χ3v) is 4.32. The van der Waals surface area contributed by atoms with Crippen LogP contribution in [-0.2, 0) is 6.18 Å². The molecule has 3 aromatic rings. The van der Waals surface area contributed by atoms with Crippen molar-refractivity contribution in [1.82, 2.24) is 9.89 Å². The van der Waals surface area contributed by atoms with Crippen LogP contribution in [0.2, 0.25) is 0 Å². The predicted molar refractivity (Wildman–Crippen MR) is 110 cm³/mol. The number of anilines is 3. The van der Waals surface area contributed by atoms with Crippen LogP contribution >= 0.6 is 0 Å². The Morgan fingerprint density at radius 3 is 2.50 bits per heavy atom. The predicted octanol–water partition coefficient (Wildman–Crippen LogP) is 4.07. The molecular formula is C20H18F4N6O2. The van der Waals surface area contributed by atoms with Crippen LogP contribution in [0.4, 0.5) is 39.4 Å². The molecule has 0 bridgehead atoms. The standard InChI is InChI=1S/C20H18F4N6O2/c1-2-29(30-9-8-16(28-30)18(25)31)14-5-3-4-13(11-14)26-19(32)27-17-10-12(20(22,23)24)6-7-15(17)21/h3-11H,2H2,1H3,(H2,25,31)(H2,26,27,32). The number of halogens is 4. The summed E-state index contributed by atoms with van der Waals surface area (Å²) in [5.74, 6) is -1.70. The molecule has 0 radical (unpaired) electrons. The monoisotopic (exact) mass is 450 g/mol. The molecule has 0 saturated carbocycles. The Labute approximate surface area is 179 Å². The van der Waals surface area contributed by atoms with Crippen molar-refractivity contribution in [2.75, 3.05) is 22.2 Å². The molecule has 32 heavy (non-hydrogen) atoms. The van der Waals surface area contributed by atoms with Crippen molar-refractivity contribution in [3.05, 3.63) is 71.8 Å². The number of alkyl halides is 3. The van der Waals surface area contributed by atoms with Gasteiger partial charge in [0.25, 0.3) is 5.91 Å². The first-order valence-corrected chi connectivity index (χ1v) is 9.26. The largest absolute Gasteiger partial charge is 0.416 e. The van der Waals surface area contributed by atoms with E-state index in [0.717, 1.165) is 0 Å². The molecule has 4 N–H and O–H groups in total. The fourth-order valence-corrected chi connectivity index (χ4v) is 2.85. The van der Waals surface area contributed by atoms with E-state index < -0.39 is 35.2 Å². The smallest absolute Gasteiger partial charge is 0.364 e. The lowest BCUT2D eigenvalue weighted by Crippen LogP contribution is -2.30. The highest BCUT2D eigenvalue weighted by atomic mass is 19.4. The number of urea groups is 1. The number of hydrogen-bond acceptors (Lipinski definition) is 4. The van der Waals surface area contributed by atoms with Gasteiger partial charge in [-0.1, -0.05) is 6.07 Å². The van der Waals surface area contributed by atoms with Crippen LogP contribution in [0.5, 0.6) is 0 Å². The summed E-state index contributed by atoms with van der Waals surface area (Å²) < 4.78 is 52.4. The van der Waals surface area contributed by atoms with E-state index in [9.17, 15) is 27.2 Å². The average Bonchev–Trinajstić information content (AvgIpc) is 3.20. The maximum Gasteiger partial charge on any atom is 0.416 e. The third-order valence-electron chi connectivity index (χ3n) is 4.32. The zero-order chi connectivity index (χ0) is 23.5. The molecular weight excluding hydrogens is 432 g/mol. The minimum Gasteiger partial charge on any atom is -0.364 e. The molecule has 0 unspecified atom stereocenters. The maximum absolute atomic E-state index is 13.9. The molecule has 0 fully saturated rings. The second-order valence-corrected chi connectivity index (χ2v) is 6.52. The molecule has 0 saturated heterocycles. The molecule has 1 heterocycles. The average molecular weight is 450 g/mol. The zero-order valence-electron chi connectivity index (χ0n) is 16.7. The number of aromatic nitrogens is 2. The lowest BCUT2D eigenvalue weighted by molar-refractivity contribution is -0.137. The van der Waals surface area contributed by atoms with Gasteiger partial charge in [0.05, 0.1) is 16.9 Å². The van der Waals surface area contributed by atoms with Gasteiger partial charge in [0.15, 0.2) is 5.69 Å². The van der Waals surface area contributed by atoms with Crippen molar-refractivity contribution in [2.24, 2.45) is 5.73 Å². The number of primary amides is 1. The summed E-state index contributed by atoms with van der Waals surface area (Å²) in [5, 5.41) is 10.3. The van der Waals surface area contributed by atoms with Crippen LogP contribution in [0, 0.1) is 5.82 Å². The molecule has 3 amide bonds. The molecule has 0 spiro atoms. The summed E-state index contributed by atoms with van der Waals surface area (Å²) >= 11 is 0. The molecule has 1 aromatic heterocycles. The Hall–Kier alpha value is -4.09. The van der Waals surface area contributed by atoms with E-state index >= 15 is 0 Å². The number of nitrogens with one attached hydrogen (secondary N) is 2. The maximum atomic E-state index is 13.9. The fraction of sp³-hybridized carbons (Fsp3) is 0.150. The topological polar surface area (TPSA) is 105 Å². The van der Waals surface area contributed by atoms with Crippen LogP contribution < -0.4 is 21.4 Å². The van der Waals surface area contributed by atoms with Gasteiger partial charge in [-0.2, -0.15) is 18.0 Å². The molecule has 3 rings (SSSR count). The Balaban J connectivity index is 1.77. The van der Waals surface area contributed by atoms with Crippen molar-refractivity contribution in [3.8, 4) is 0 Å². The zero-order valence-corrected chi connectivity index (χ0v) is 16.7. The fourth-order valence-electron chi connectivity index (χ4n) is 2.85. The number of nitrogens with two attached hydrogens (primary N) is 1. The van der Waals surface area contributed by atoms with Crippen LogP contribution in [0.3, 0.4) is 0 Å². The first-order chi connectivity index (χ1) is 15.1. The van der Waals surface area contributed by atoms with Gasteiger partial charge in [-0.15, -0.1) is 5.10 Å². The van der Waals surface area contributed by atoms with Crippen molar-refractivity contribution < 1.29 is 27.2 Å². The second-order valence-electron chi connectivity index (χ2n) is 6.52. The van der Waals surface area contributed by atoms with Gasteiger partial charge in [0.2, 0.25) is 0 Å². The Bertz CT molecular complexity index is 1150. The Kier molecular flexibility index (Phi) is 6.32. The van der Waals surface area contributed by atoms with Gasteiger partial charge in [-0.05, 0) is 49.4 Å². The molecule has 168 valence electrons. The van der Waals surface area contributed by atoms with Gasteiger partial charge in [0, 0.05) is 18.4 Å². The number of benzene rings is 2. The Morgan fingerprint density at radius 1 is 1.12 bits per heavy atom. The lowest BCUT2D eigenvalue weighted by Gasteiger charge is -2.23. The summed E-state index contributed by atoms with van der Waals surface area (Å²) in [6, 6.07) is 8.68. The third kappa shape index (κ3) is 5.14. The van der Waals surface area contributed by atoms with E-state index in [4.69, 9.17) is 5.73 Å². The highest BCUT2D eigenvalue weighted by Gasteiger charge is 2.31. The van der Waals surface area contributed by atoms with Crippen molar-refractivity contribution in [3.63, 3.8) is 0 Å². The van der Waals surface area contributed by atoms with Crippen molar-refractivity contribution in [2.45, 2.75) is 13.1 Å². The van der Waals surface area contributed by atoms with E-state index in [0.29, 0.717) is 30.4 Å². The Morgan fingerprint density at radius 2 is 1.88 bits per heavy atom. The van der Waals surface area contributed by atoms with E-state index in [1.807, 2.05) is 6.92 Å². The number of rotatable bonds is 6. The van der Waals surface area contributed by atoms with Gasteiger partial charge in [-0.25, -0.2) is 9.18 Å². The number of hydrogen-bond donors (Lipinski definition) is 3. The van der Waals surface area contributed by atoms with Crippen LogP contribution in [0.15, 0.2) is 54.7 Å². The van der Waals surface area contributed by atoms with Gasteiger partial charge in [0.1, 0.15) is 5.82 Å². The van der Waals surface area contributed by atoms with E-state index in [-0.39, 0.29) is 11.4 Å². The van der Waals surface area contributed by atoms with E-state index in [2.05, 4.69) is 15.7 Å². The van der Waals surface area contributed by atoms with E-state index in [1.165, 1.54) is 23.1 Å². The number of amides is 3. The van der Waals surface area contributed by atoms with Gasteiger partial charge < -0.3 is 16.4 Å². The molecule has 0 aliphatic rings. The second kappa shape index (κ2) is 8.96. The summed E-state index contributed by atoms with van der Waals surface area (Å²) in [4.78, 5) is 24.9. The molecule has 0 aliphatic carbocycles. The first-order valence-electron chi connectivity index (χ1n) is 9.26. The number of carbonyl (C=O) groups excluding carboxylic acids is 2. The number of carbonyl (C=O) groups is 2. The molecule has 2 aromatic carbocycles.